The van der Waals surface area contributed by atoms with E-state index in [4.69, 9.17) is 6.42 Å². The first-order chi connectivity index (χ1) is 8.09. The molecule has 1 aromatic rings. The van der Waals surface area contributed by atoms with Crippen molar-refractivity contribution in [2.24, 2.45) is 0 Å². The van der Waals surface area contributed by atoms with E-state index < -0.39 is 5.92 Å². The average molecular weight is 236 g/mol. The molecule has 1 aromatic heterocycles. The number of likely N-dealkylation sites (tertiary alicyclic amines) is 1. The van der Waals surface area contributed by atoms with Crippen LogP contribution in [0.15, 0.2) is 18.2 Å². The van der Waals surface area contributed by atoms with Crippen molar-refractivity contribution in [1.29, 1.82) is 0 Å². The second-order valence-electron chi connectivity index (χ2n) is 4.29. The molecule has 0 aliphatic carbocycles. The van der Waals surface area contributed by atoms with E-state index in [1.54, 1.807) is 6.07 Å². The molecule has 0 saturated carbocycles. The average Bonchev–Trinajstić information content (AvgIpc) is 2.32. The van der Waals surface area contributed by atoms with Crippen molar-refractivity contribution in [2.75, 3.05) is 13.1 Å². The smallest absolute Gasteiger partial charge is 0.250 e. The third-order valence-corrected chi connectivity index (χ3v) is 2.93. The van der Waals surface area contributed by atoms with Crippen LogP contribution in [0.1, 0.15) is 24.2 Å². The molecule has 0 bridgehead atoms. The highest BCUT2D eigenvalue weighted by atomic mass is 19.3. The van der Waals surface area contributed by atoms with E-state index in [2.05, 4.69) is 10.9 Å². The van der Waals surface area contributed by atoms with Crippen LogP contribution in [-0.2, 0) is 6.54 Å². The van der Waals surface area contributed by atoms with E-state index in [1.807, 2.05) is 17.0 Å². The molecule has 0 N–H and O–H groups in total. The Morgan fingerprint density at radius 2 is 2.06 bits per heavy atom. The molecule has 17 heavy (non-hydrogen) atoms. The molecule has 1 saturated heterocycles. The van der Waals surface area contributed by atoms with Gasteiger partial charge in [0.1, 0.15) is 5.69 Å². The summed E-state index contributed by atoms with van der Waals surface area (Å²) in [5.74, 6) is -0.0274. The van der Waals surface area contributed by atoms with Gasteiger partial charge in [0, 0.05) is 32.5 Å². The molecule has 90 valence electrons. The zero-order chi connectivity index (χ0) is 12.3. The van der Waals surface area contributed by atoms with E-state index in [9.17, 15) is 8.78 Å². The Morgan fingerprint density at radius 3 is 2.71 bits per heavy atom. The molecular formula is C13H14F2N2. The minimum absolute atomic E-state index is 0.0676. The minimum atomic E-state index is -2.50. The molecule has 0 amide bonds. The number of hydrogen-bond donors (Lipinski definition) is 0. The lowest BCUT2D eigenvalue weighted by atomic mass is 10.1. The molecule has 0 aromatic carbocycles. The monoisotopic (exact) mass is 236 g/mol. The summed E-state index contributed by atoms with van der Waals surface area (Å²) >= 11 is 0. The summed E-state index contributed by atoms with van der Waals surface area (Å²) < 4.78 is 25.9. The van der Waals surface area contributed by atoms with Gasteiger partial charge in [0.25, 0.3) is 5.92 Å². The first kappa shape index (κ1) is 12.0. The number of rotatable bonds is 2. The van der Waals surface area contributed by atoms with Gasteiger partial charge in [-0.25, -0.2) is 13.8 Å². The quantitative estimate of drug-likeness (QED) is 0.732. The highest BCUT2D eigenvalue weighted by Crippen LogP contribution is 2.28. The lowest BCUT2D eigenvalue weighted by Crippen LogP contribution is -2.39. The Balaban J connectivity index is 1.96. The molecule has 1 aliphatic rings. The molecule has 1 aliphatic heterocycles. The van der Waals surface area contributed by atoms with E-state index in [0.29, 0.717) is 25.3 Å². The molecule has 2 rings (SSSR count). The number of piperidine rings is 1. The van der Waals surface area contributed by atoms with Crippen LogP contribution in [0.5, 0.6) is 0 Å². The van der Waals surface area contributed by atoms with Crippen LogP contribution < -0.4 is 0 Å². The SMILES string of the molecule is C#Cc1cccc(CN2CCC(F)(F)CC2)n1. The second kappa shape index (κ2) is 4.80. The van der Waals surface area contributed by atoms with Crippen molar-refractivity contribution in [3.63, 3.8) is 0 Å². The molecule has 0 atom stereocenters. The third-order valence-electron chi connectivity index (χ3n) is 2.93. The zero-order valence-electron chi connectivity index (χ0n) is 9.50. The Morgan fingerprint density at radius 1 is 1.35 bits per heavy atom. The summed E-state index contributed by atoms with van der Waals surface area (Å²) in [6.07, 6.45) is 5.13. The van der Waals surface area contributed by atoms with Gasteiger partial charge in [-0.05, 0) is 12.1 Å². The third kappa shape index (κ3) is 3.24. The number of pyridine rings is 1. The number of aromatic nitrogens is 1. The van der Waals surface area contributed by atoms with Gasteiger partial charge in [-0.2, -0.15) is 0 Å². The number of alkyl halides is 2. The van der Waals surface area contributed by atoms with Crippen LogP contribution in [0.25, 0.3) is 0 Å². The van der Waals surface area contributed by atoms with Crippen molar-refractivity contribution in [1.82, 2.24) is 9.88 Å². The van der Waals surface area contributed by atoms with E-state index in [-0.39, 0.29) is 12.8 Å². The molecule has 0 spiro atoms. The molecule has 4 heteroatoms. The molecule has 0 unspecified atom stereocenters. The van der Waals surface area contributed by atoms with Gasteiger partial charge >= 0.3 is 0 Å². The van der Waals surface area contributed by atoms with Crippen LogP contribution in [-0.4, -0.2) is 28.9 Å². The fourth-order valence-corrected chi connectivity index (χ4v) is 1.92. The topological polar surface area (TPSA) is 16.1 Å². The molecule has 2 nitrogen and oxygen atoms in total. The van der Waals surface area contributed by atoms with E-state index >= 15 is 0 Å². The van der Waals surface area contributed by atoms with Gasteiger partial charge in [0.2, 0.25) is 0 Å². The summed E-state index contributed by atoms with van der Waals surface area (Å²) in [6, 6.07) is 5.47. The Labute approximate surface area is 99.7 Å². The first-order valence-electron chi connectivity index (χ1n) is 5.62. The zero-order valence-corrected chi connectivity index (χ0v) is 9.50. The predicted molar refractivity (Wildman–Crippen MR) is 61.6 cm³/mol. The standard InChI is InChI=1S/C13H14F2N2/c1-2-11-4-3-5-12(16-11)10-17-8-6-13(14,15)7-9-17/h1,3-5H,6-10H2. The molecule has 0 radical (unpaired) electrons. The Hall–Kier alpha value is -1.47. The number of hydrogen-bond acceptors (Lipinski definition) is 2. The van der Waals surface area contributed by atoms with Crippen molar-refractivity contribution in [3.8, 4) is 12.3 Å². The molecule has 1 fully saturated rings. The first-order valence-corrected chi connectivity index (χ1v) is 5.62. The maximum absolute atomic E-state index is 13.0. The normalized spacial score (nSPS) is 19.8. The number of halogens is 2. The van der Waals surface area contributed by atoms with Gasteiger partial charge in [0.05, 0.1) is 5.69 Å². The van der Waals surface area contributed by atoms with Crippen LogP contribution in [0.3, 0.4) is 0 Å². The fourth-order valence-electron chi connectivity index (χ4n) is 1.92. The summed E-state index contributed by atoms with van der Waals surface area (Å²) in [4.78, 5) is 6.24. The summed E-state index contributed by atoms with van der Waals surface area (Å²) in [5, 5.41) is 0. The summed E-state index contributed by atoms with van der Waals surface area (Å²) in [6.45, 7) is 1.41. The maximum atomic E-state index is 13.0. The van der Waals surface area contributed by atoms with Gasteiger partial charge in [-0.3, -0.25) is 4.90 Å². The van der Waals surface area contributed by atoms with Crippen LogP contribution in [0.2, 0.25) is 0 Å². The van der Waals surface area contributed by atoms with Gasteiger partial charge < -0.3 is 0 Å². The number of nitrogens with zero attached hydrogens (tertiary/aromatic N) is 2. The van der Waals surface area contributed by atoms with Crippen molar-refractivity contribution >= 4 is 0 Å². The van der Waals surface area contributed by atoms with E-state index in [1.165, 1.54) is 0 Å². The highest BCUT2D eigenvalue weighted by Gasteiger charge is 2.33. The van der Waals surface area contributed by atoms with Crippen LogP contribution >= 0.6 is 0 Å². The molecular weight excluding hydrogens is 222 g/mol. The van der Waals surface area contributed by atoms with Crippen LogP contribution in [0.4, 0.5) is 8.78 Å². The highest BCUT2D eigenvalue weighted by molar-refractivity contribution is 5.25. The lowest BCUT2D eigenvalue weighted by Gasteiger charge is -2.31. The second-order valence-corrected chi connectivity index (χ2v) is 4.29. The summed E-state index contributed by atoms with van der Waals surface area (Å²) in [5.41, 5.74) is 1.43. The van der Waals surface area contributed by atoms with Gasteiger partial charge in [-0.1, -0.05) is 12.0 Å². The fraction of sp³-hybridized carbons (Fsp3) is 0.462. The van der Waals surface area contributed by atoms with Crippen LogP contribution in [0, 0.1) is 12.3 Å². The Kier molecular flexibility index (Phi) is 3.39. The number of terminal acetylenes is 1. The van der Waals surface area contributed by atoms with Gasteiger partial charge in [0.15, 0.2) is 0 Å². The molecule has 2 heterocycles. The lowest BCUT2D eigenvalue weighted by molar-refractivity contribution is -0.0568. The predicted octanol–water partition coefficient (Wildman–Crippen LogP) is 2.29. The maximum Gasteiger partial charge on any atom is 0.250 e. The Bertz CT molecular complexity index is 427. The minimum Gasteiger partial charge on any atom is -0.297 e. The summed E-state index contributed by atoms with van der Waals surface area (Å²) in [7, 11) is 0. The van der Waals surface area contributed by atoms with Crippen molar-refractivity contribution < 1.29 is 8.78 Å². The largest absolute Gasteiger partial charge is 0.297 e. The van der Waals surface area contributed by atoms with Gasteiger partial charge in [-0.15, -0.1) is 6.42 Å². The van der Waals surface area contributed by atoms with Crippen molar-refractivity contribution in [3.05, 3.63) is 29.6 Å². The van der Waals surface area contributed by atoms with Crippen molar-refractivity contribution in [2.45, 2.75) is 25.3 Å². The van der Waals surface area contributed by atoms with E-state index in [0.717, 1.165) is 5.69 Å².